The Kier molecular flexibility index (Phi) is 4.99. The van der Waals surface area contributed by atoms with Crippen LogP contribution >= 0.6 is 11.8 Å². The lowest BCUT2D eigenvalue weighted by Crippen LogP contribution is -2.40. The molecular formula is C17H26N2OS. The second kappa shape index (κ2) is 6.41. The van der Waals surface area contributed by atoms with Crippen molar-refractivity contribution < 1.29 is 4.79 Å². The molecule has 0 bridgehead atoms. The van der Waals surface area contributed by atoms with Gasteiger partial charge in [0.1, 0.15) is 6.17 Å². The summed E-state index contributed by atoms with van der Waals surface area (Å²) in [5, 5.41) is 3.42. The summed E-state index contributed by atoms with van der Waals surface area (Å²) in [5.41, 5.74) is 2.49. The third-order valence-corrected chi connectivity index (χ3v) is 5.41. The Bertz CT molecular complexity index is 498. The Morgan fingerprint density at radius 2 is 1.90 bits per heavy atom. The van der Waals surface area contributed by atoms with Gasteiger partial charge in [0.2, 0.25) is 5.91 Å². The number of rotatable bonds is 5. The fourth-order valence-electron chi connectivity index (χ4n) is 2.63. The van der Waals surface area contributed by atoms with Gasteiger partial charge < -0.3 is 4.90 Å². The predicted octanol–water partition coefficient (Wildman–Crippen LogP) is 3.21. The average Bonchev–Trinajstić information content (AvgIpc) is 2.75. The molecule has 1 N–H and O–H groups in total. The van der Waals surface area contributed by atoms with Gasteiger partial charge in [0.05, 0.1) is 6.04 Å². The highest BCUT2D eigenvalue weighted by atomic mass is 32.2. The number of aryl methyl sites for hydroxylation is 1. The quantitative estimate of drug-likeness (QED) is 0.906. The molecule has 0 saturated carbocycles. The average molecular weight is 306 g/mol. The van der Waals surface area contributed by atoms with Crippen LogP contribution in [0.3, 0.4) is 0 Å². The van der Waals surface area contributed by atoms with E-state index in [0.717, 1.165) is 13.0 Å². The second-order valence-electron chi connectivity index (χ2n) is 6.32. The number of carbonyl (C=O) groups is 1. The normalized spacial score (nSPS) is 22.9. The maximum absolute atomic E-state index is 12.5. The van der Waals surface area contributed by atoms with E-state index in [9.17, 15) is 4.79 Å². The SMILES string of the molecule is CCc1ccc(C2NC(C)C(=O)N2CC(C)(C)SC)cc1. The predicted molar refractivity (Wildman–Crippen MR) is 90.5 cm³/mol. The number of hydrogen-bond donors (Lipinski definition) is 1. The number of thioether (sulfide) groups is 1. The molecule has 1 aromatic carbocycles. The van der Waals surface area contributed by atoms with Crippen molar-refractivity contribution in [2.24, 2.45) is 0 Å². The Morgan fingerprint density at radius 3 is 2.43 bits per heavy atom. The number of benzene rings is 1. The molecule has 0 aliphatic carbocycles. The van der Waals surface area contributed by atoms with E-state index in [1.807, 2.05) is 11.8 Å². The first-order valence-corrected chi connectivity index (χ1v) is 8.81. The molecule has 4 heteroatoms. The Balaban J connectivity index is 2.24. The van der Waals surface area contributed by atoms with E-state index in [4.69, 9.17) is 0 Å². The largest absolute Gasteiger partial charge is 0.320 e. The van der Waals surface area contributed by atoms with Crippen molar-refractivity contribution in [3.8, 4) is 0 Å². The summed E-state index contributed by atoms with van der Waals surface area (Å²) >= 11 is 1.80. The molecule has 2 atom stereocenters. The van der Waals surface area contributed by atoms with Crippen LogP contribution in [0.15, 0.2) is 24.3 Å². The lowest BCUT2D eigenvalue weighted by atomic mass is 10.1. The molecule has 1 amide bonds. The number of nitrogens with zero attached hydrogens (tertiary/aromatic N) is 1. The van der Waals surface area contributed by atoms with Crippen LogP contribution in [0.25, 0.3) is 0 Å². The van der Waals surface area contributed by atoms with Gasteiger partial charge in [0.15, 0.2) is 0 Å². The van der Waals surface area contributed by atoms with Crippen LogP contribution in [0.1, 0.15) is 45.0 Å². The van der Waals surface area contributed by atoms with Crippen molar-refractivity contribution >= 4 is 17.7 Å². The summed E-state index contributed by atoms with van der Waals surface area (Å²) in [5.74, 6) is 0.196. The van der Waals surface area contributed by atoms with Crippen molar-refractivity contribution in [2.75, 3.05) is 12.8 Å². The first-order chi connectivity index (χ1) is 9.88. The third kappa shape index (κ3) is 3.61. The topological polar surface area (TPSA) is 32.3 Å². The van der Waals surface area contributed by atoms with Crippen LogP contribution in [0.5, 0.6) is 0 Å². The number of nitrogens with one attached hydrogen (secondary N) is 1. The van der Waals surface area contributed by atoms with Crippen molar-refractivity contribution in [3.63, 3.8) is 0 Å². The molecule has 21 heavy (non-hydrogen) atoms. The molecule has 3 nitrogen and oxygen atoms in total. The Hall–Kier alpha value is -1.00. The highest BCUT2D eigenvalue weighted by molar-refractivity contribution is 7.99. The Morgan fingerprint density at radius 1 is 1.29 bits per heavy atom. The van der Waals surface area contributed by atoms with Gasteiger partial charge in [-0.05, 0) is 44.6 Å². The van der Waals surface area contributed by atoms with E-state index in [-0.39, 0.29) is 22.9 Å². The third-order valence-electron chi connectivity index (χ3n) is 4.18. The van der Waals surface area contributed by atoms with E-state index in [0.29, 0.717) is 0 Å². The van der Waals surface area contributed by atoms with Gasteiger partial charge in [-0.25, -0.2) is 0 Å². The van der Waals surface area contributed by atoms with Gasteiger partial charge in [-0.1, -0.05) is 31.2 Å². The van der Waals surface area contributed by atoms with E-state index in [2.05, 4.69) is 56.6 Å². The number of hydrogen-bond acceptors (Lipinski definition) is 3. The lowest BCUT2D eigenvalue weighted by molar-refractivity contribution is -0.130. The van der Waals surface area contributed by atoms with Crippen LogP contribution in [-0.4, -0.2) is 34.4 Å². The minimum atomic E-state index is -0.112. The van der Waals surface area contributed by atoms with Gasteiger partial charge in [0.25, 0.3) is 0 Å². The van der Waals surface area contributed by atoms with Crippen molar-refractivity contribution in [2.45, 2.75) is 51.1 Å². The van der Waals surface area contributed by atoms with Crippen LogP contribution in [0, 0.1) is 0 Å². The maximum Gasteiger partial charge on any atom is 0.241 e. The summed E-state index contributed by atoms with van der Waals surface area (Å²) < 4.78 is 0.0585. The lowest BCUT2D eigenvalue weighted by Gasteiger charge is -2.32. The summed E-state index contributed by atoms with van der Waals surface area (Å²) in [7, 11) is 0. The van der Waals surface area contributed by atoms with E-state index < -0.39 is 0 Å². The molecule has 1 aliphatic rings. The summed E-state index contributed by atoms with van der Waals surface area (Å²) in [6, 6.07) is 8.48. The molecule has 0 radical (unpaired) electrons. The standard InChI is InChI=1S/C17H26N2OS/c1-6-13-7-9-14(10-8-13)15-18-12(2)16(20)19(15)11-17(3,4)21-5/h7-10,12,15,18H,6,11H2,1-5H3. The number of amides is 1. The van der Waals surface area contributed by atoms with Gasteiger partial charge in [0, 0.05) is 11.3 Å². The monoisotopic (exact) mass is 306 g/mol. The smallest absolute Gasteiger partial charge is 0.241 e. The van der Waals surface area contributed by atoms with Gasteiger partial charge in [-0.15, -0.1) is 0 Å². The van der Waals surface area contributed by atoms with E-state index in [1.54, 1.807) is 11.8 Å². The van der Waals surface area contributed by atoms with Crippen LogP contribution in [0.4, 0.5) is 0 Å². The molecule has 1 heterocycles. The molecule has 0 aromatic heterocycles. The highest BCUT2D eigenvalue weighted by Crippen LogP contribution is 2.31. The fraction of sp³-hybridized carbons (Fsp3) is 0.588. The minimum absolute atomic E-state index is 0.00942. The minimum Gasteiger partial charge on any atom is -0.320 e. The van der Waals surface area contributed by atoms with E-state index >= 15 is 0 Å². The van der Waals surface area contributed by atoms with Gasteiger partial charge >= 0.3 is 0 Å². The molecule has 2 rings (SSSR count). The van der Waals surface area contributed by atoms with Crippen LogP contribution in [-0.2, 0) is 11.2 Å². The summed E-state index contributed by atoms with van der Waals surface area (Å²) in [6.45, 7) is 9.23. The first kappa shape index (κ1) is 16.4. The molecule has 1 aliphatic heterocycles. The van der Waals surface area contributed by atoms with Gasteiger partial charge in [-0.3, -0.25) is 10.1 Å². The molecule has 2 unspecified atom stereocenters. The first-order valence-electron chi connectivity index (χ1n) is 7.58. The van der Waals surface area contributed by atoms with Crippen LogP contribution < -0.4 is 5.32 Å². The Labute approximate surface area is 132 Å². The second-order valence-corrected chi connectivity index (χ2v) is 7.83. The summed E-state index contributed by atoms with van der Waals surface area (Å²) in [6.07, 6.45) is 3.13. The summed E-state index contributed by atoms with van der Waals surface area (Å²) in [4.78, 5) is 14.4. The zero-order valence-electron chi connectivity index (χ0n) is 13.6. The fourth-order valence-corrected chi connectivity index (χ4v) is 2.90. The highest BCUT2D eigenvalue weighted by Gasteiger charge is 2.39. The van der Waals surface area contributed by atoms with Gasteiger partial charge in [-0.2, -0.15) is 11.8 Å². The van der Waals surface area contributed by atoms with Crippen molar-refractivity contribution in [1.29, 1.82) is 0 Å². The number of carbonyl (C=O) groups excluding carboxylic acids is 1. The van der Waals surface area contributed by atoms with Crippen molar-refractivity contribution in [3.05, 3.63) is 35.4 Å². The maximum atomic E-state index is 12.5. The zero-order chi connectivity index (χ0) is 15.6. The van der Waals surface area contributed by atoms with Crippen molar-refractivity contribution in [1.82, 2.24) is 10.2 Å². The molecular weight excluding hydrogens is 280 g/mol. The zero-order valence-corrected chi connectivity index (χ0v) is 14.5. The molecule has 1 aromatic rings. The molecule has 116 valence electrons. The molecule has 0 spiro atoms. The molecule has 1 saturated heterocycles. The molecule has 1 fully saturated rings. The van der Waals surface area contributed by atoms with Crippen LogP contribution in [0.2, 0.25) is 0 Å². The van der Waals surface area contributed by atoms with E-state index in [1.165, 1.54) is 11.1 Å².